The number of likely N-dealkylation sites (tertiary alicyclic amines) is 1. The number of amides is 2. The molecule has 3 rings (SSSR count). The third kappa shape index (κ3) is 3.78. The molecule has 0 aromatic carbocycles. The molecule has 8 nitrogen and oxygen atoms in total. The molecule has 3 heterocycles. The van der Waals surface area contributed by atoms with Crippen LogP contribution < -0.4 is 10.7 Å². The number of carbonyl (C=O) groups excluding carboxylic acids is 2. The molecule has 2 amide bonds. The summed E-state index contributed by atoms with van der Waals surface area (Å²) in [5, 5.41) is 9.22. The van der Waals surface area contributed by atoms with Crippen molar-refractivity contribution < 1.29 is 9.59 Å². The van der Waals surface area contributed by atoms with Crippen molar-refractivity contribution in [3.05, 3.63) is 51.7 Å². The van der Waals surface area contributed by atoms with E-state index in [-0.39, 0.29) is 17.6 Å². The second-order valence-electron chi connectivity index (χ2n) is 6.35. The van der Waals surface area contributed by atoms with Gasteiger partial charge in [-0.05, 0) is 25.5 Å². The molecule has 1 unspecified atom stereocenters. The maximum absolute atomic E-state index is 12.4. The first kappa shape index (κ1) is 16.9. The van der Waals surface area contributed by atoms with Gasteiger partial charge in [-0.25, -0.2) is 0 Å². The average molecular weight is 343 g/mol. The molecule has 132 valence electrons. The summed E-state index contributed by atoms with van der Waals surface area (Å²) in [5.41, 5.74) is 0.982. The molecule has 2 aromatic rings. The van der Waals surface area contributed by atoms with Crippen LogP contribution in [0.3, 0.4) is 0 Å². The van der Waals surface area contributed by atoms with Gasteiger partial charge in [0.15, 0.2) is 5.69 Å². The Bertz CT molecular complexity index is 854. The van der Waals surface area contributed by atoms with E-state index in [2.05, 4.69) is 15.5 Å². The number of carbonyl (C=O) groups is 2. The molecule has 1 fully saturated rings. The molecule has 2 N–H and O–H groups in total. The molecular formula is C17H21N5O3. The van der Waals surface area contributed by atoms with Crippen molar-refractivity contribution in [3.63, 3.8) is 0 Å². The highest BCUT2D eigenvalue weighted by atomic mass is 16.2. The lowest BCUT2D eigenvalue weighted by molar-refractivity contribution is -0.129. The first-order valence-electron chi connectivity index (χ1n) is 8.19. The van der Waals surface area contributed by atoms with E-state index in [9.17, 15) is 14.4 Å². The minimum Gasteiger partial charge on any atom is -0.354 e. The van der Waals surface area contributed by atoms with E-state index in [1.54, 1.807) is 11.8 Å². The zero-order valence-corrected chi connectivity index (χ0v) is 14.3. The molecule has 25 heavy (non-hydrogen) atoms. The van der Waals surface area contributed by atoms with Gasteiger partial charge in [0.2, 0.25) is 11.3 Å². The first-order valence-corrected chi connectivity index (χ1v) is 8.19. The fraction of sp³-hybridized carbons (Fsp3) is 0.412. The predicted octanol–water partition coefficient (Wildman–Crippen LogP) is -0.00978. The van der Waals surface area contributed by atoms with Gasteiger partial charge in [-0.3, -0.25) is 19.5 Å². The molecular weight excluding hydrogens is 322 g/mol. The Hall–Kier alpha value is -2.90. The zero-order chi connectivity index (χ0) is 18.0. The summed E-state index contributed by atoms with van der Waals surface area (Å²) >= 11 is 0. The molecule has 2 aromatic heterocycles. The second-order valence-corrected chi connectivity index (χ2v) is 6.35. The van der Waals surface area contributed by atoms with Crippen molar-refractivity contribution in [2.75, 3.05) is 13.1 Å². The van der Waals surface area contributed by atoms with Gasteiger partial charge in [-0.2, -0.15) is 5.10 Å². The molecule has 0 bridgehead atoms. The van der Waals surface area contributed by atoms with Crippen LogP contribution in [0.1, 0.15) is 28.3 Å². The van der Waals surface area contributed by atoms with Crippen LogP contribution in [0.5, 0.6) is 0 Å². The Labute approximate surface area is 144 Å². The van der Waals surface area contributed by atoms with Crippen LogP contribution in [-0.2, 0) is 18.3 Å². The van der Waals surface area contributed by atoms with Crippen LogP contribution >= 0.6 is 0 Å². The van der Waals surface area contributed by atoms with E-state index in [1.807, 2.05) is 29.9 Å². The number of aryl methyl sites for hydroxylation is 2. The SMILES string of the molecule is Cc1cc(=O)c(C(=O)NC2CCN(C(=O)Cc3cccn3C)C2)n[nH]1. The third-order valence-electron chi connectivity index (χ3n) is 4.40. The van der Waals surface area contributed by atoms with Gasteiger partial charge in [-0.1, -0.05) is 0 Å². The van der Waals surface area contributed by atoms with Crippen LogP contribution in [0.15, 0.2) is 29.2 Å². The monoisotopic (exact) mass is 343 g/mol. The molecule has 0 spiro atoms. The fourth-order valence-electron chi connectivity index (χ4n) is 2.96. The zero-order valence-electron chi connectivity index (χ0n) is 14.3. The predicted molar refractivity (Wildman–Crippen MR) is 91.2 cm³/mol. The van der Waals surface area contributed by atoms with E-state index < -0.39 is 11.3 Å². The van der Waals surface area contributed by atoms with Gasteiger partial charge < -0.3 is 14.8 Å². The number of rotatable bonds is 4. The van der Waals surface area contributed by atoms with E-state index in [4.69, 9.17) is 0 Å². The van der Waals surface area contributed by atoms with Crippen molar-refractivity contribution in [3.8, 4) is 0 Å². The Morgan fingerprint density at radius 3 is 2.92 bits per heavy atom. The molecule has 8 heteroatoms. The van der Waals surface area contributed by atoms with E-state index in [0.717, 1.165) is 5.69 Å². The largest absolute Gasteiger partial charge is 0.354 e. The number of nitrogens with zero attached hydrogens (tertiary/aromatic N) is 3. The summed E-state index contributed by atoms with van der Waals surface area (Å²) in [6, 6.07) is 4.99. The minimum absolute atomic E-state index is 0.0323. The van der Waals surface area contributed by atoms with Gasteiger partial charge >= 0.3 is 0 Å². The Kier molecular flexibility index (Phi) is 4.69. The molecule has 1 saturated heterocycles. The Morgan fingerprint density at radius 2 is 2.24 bits per heavy atom. The highest BCUT2D eigenvalue weighted by Gasteiger charge is 2.28. The summed E-state index contributed by atoms with van der Waals surface area (Å²) < 4.78 is 1.92. The third-order valence-corrected chi connectivity index (χ3v) is 4.40. The van der Waals surface area contributed by atoms with Crippen molar-refractivity contribution in [2.24, 2.45) is 7.05 Å². The highest BCUT2D eigenvalue weighted by Crippen LogP contribution is 2.12. The number of H-pyrrole nitrogens is 1. The van der Waals surface area contributed by atoms with Crippen molar-refractivity contribution >= 4 is 11.8 Å². The summed E-state index contributed by atoms with van der Waals surface area (Å²) in [5.74, 6) is -0.479. The standard InChI is InChI=1S/C17H21N5O3/c1-11-8-14(23)16(20-19-11)17(25)18-12-5-7-22(10-12)15(24)9-13-4-3-6-21(13)2/h3-4,6,8,12H,5,7,9-10H2,1-2H3,(H,18,25)(H,19,23). The van der Waals surface area contributed by atoms with Gasteiger partial charge in [0.25, 0.3) is 5.91 Å². The molecule has 0 radical (unpaired) electrons. The summed E-state index contributed by atoms with van der Waals surface area (Å²) in [7, 11) is 1.90. The number of aromatic nitrogens is 3. The number of nitrogens with one attached hydrogen (secondary N) is 2. The van der Waals surface area contributed by atoms with Gasteiger partial charge in [-0.15, -0.1) is 0 Å². The minimum atomic E-state index is -0.511. The second kappa shape index (κ2) is 6.92. The van der Waals surface area contributed by atoms with Crippen molar-refractivity contribution in [1.29, 1.82) is 0 Å². The van der Waals surface area contributed by atoms with Crippen LogP contribution in [0, 0.1) is 6.92 Å². The van der Waals surface area contributed by atoms with E-state index in [0.29, 0.717) is 31.6 Å². The first-order chi connectivity index (χ1) is 11.9. The normalized spacial score (nSPS) is 16.9. The molecule has 1 aliphatic heterocycles. The van der Waals surface area contributed by atoms with Crippen LogP contribution in [0.25, 0.3) is 0 Å². The lowest BCUT2D eigenvalue weighted by Crippen LogP contribution is -2.41. The highest BCUT2D eigenvalue weighted by molar-refractivity contribution is 5.92. The van der Waals surface area contributed by atoms with Crippen molar-refractivity contribution in [1.82, 2.24) is 25.0 Å². The molecule has 1 atom stereocenters. The van der Waals surface area contributed by atoms with E-state index in [1.165, 1.54) is 6.07 Å². The van der Waals surface area contributed by atoms with Crippen LogP contribution in [0.2, 0.25) is 0 Å². The van der Waals surface area contributed by atoms with Crippen molar-refractivity contribution in [2.45, 2.75) is 25.8 Å². The quantitative estimate of drug-likeness (QED) is 0.815. The summed E-state index contributed by atoms with van der Waals surface area (Å²) in [6.07, 6.45) is 2.90. The van der Waals surface area contributed by atoms with Gasteiger partial charge in [0.05, 0.1) is 6.42 Å². The van der Waals surface area contributed by atoms with E-state index >= 15 is 0 Å². The van der Waals surface area contributed by atoms with Gasteiger partial charge in [0, 0.05) is 49.8 Å². The smallest absolute Gasteiger partial charge is 0.276 e. The molecule has 0 aliphatic carbocycles. The number of hydrogen-bond donors (Lipinski definition) is 2. The molecule has 1 aliphatic rings. The summed E-state index contributed by atoms with van der Waals surface area (Å²) in [6.45, 7) is 2.73. The number of aromatic amines is 1. The Balaban J connectivity index is 1.57. The van der Waals surface area contributed by atoms with Gasteiger partial charge in [0.1, 0.15) is 0 Å². The lowest BCUT2D eigenvalue weighted by Gasteiger charge is -2.17. The summed E-state index contributed by atoms with van der Waals surface area (Å²) in [4.78, 5) is 38.2. The van der Waals surface area contributed by atoms with Crippen LogP contribution in [0.4, 0.5) is 0 Å². The maximum atomic E-state index is 12.4. The topological polar surface area (TPSA) is 100 Å². The Morgan fingerprint density at radius 1 is 1.44 bits per heavy atom. The lowest BCUT2D eigenvalue weighted by atomic mass is 10.2. The fourth-order valence-corrected chi connectivity index (χ4v) is 2.96. The molecule has 0 saturated carbocycles. The van der Waals surface area contributed by atoms with Crippen LogP contribution in [-0.4, -0.2) is 50.6 Å². The number of hydrogen-bond acceptors (Lipinski definition) is 4. The maximum Gasteiger partial charge on any atom is 0.276 e. The average Bonchev–Trinajstić information content (AvgIpc) is 3.17.